The standard InChI is InChI=1S/C21H21F3N6/c1-4-12-5-6-14-15(10-25-18(14)28-12)17-16(21(22,23)24)11-26-19(30-17)29-13-7-8-20(2,3)27-9-13/h1,5-6,10-11,13,27H,7-9H2,2-3H3,(H,25,28)(H,26,29,30). The number of aromatic nitrogens is 4. The summed E-state index contributed by atoms with van der Waals surface area (Å²) in [5.41, 5.74) is 0.0221. The number of nitrogens with zero attached hydrogens (tertiary/aromatic N) is 3. The van der Waals surface area contributed by atoms with E-state index < -0.39 is 11.7 Å². The lowest BCUT2D eigenvalue weighted by Gasteiger charge is -2.36. The quantitative estimate of drug-likeness (QED) is 0.566. The van der Waals surface area contributed by atoms with Crippen molar-refractivity contribution in [1.82, 2.24) is 25.3 Å². The number of fused-ring (bicyclic) bond motifs is 1. The molecular weight excluding hydrogens is 393 g/mol. The number of piperidine rings is 1. The van der Waals surface area contributed by atoms with E-state index in [0.29, 0.717) is 28.8 Å². The van der Waals surface area contributed by atoms with Crippen LogP contribution in [0.3, 0.4) is 0 Å². The Morgan fingerprint density at radius 2 is 2.07 bits per heavy atom. The summed E-state index contributed by atoms with van der Waals surface area (Å²) in [4.78, 5) is 15.3. The normalized spacial score (nSPS) is 18.9. The van der Waals surface area contributed by atoms with Gasteiger partial charge in [-0.15, -0.1) is 6.42 Å². The topological polar surface area (TPSA) is 78.5 Å². The maximum absolute atomic E-state index is 13.7. The number of rotatable bonds is 3. The summed E-state index contributed by atoms with van der Waals surface area (Å²) in [6, 6.07) is 3.26. The lowest BCUT2D eigenvalue weighted by molar-refractivity contribution is -0.137. The Hall–Kier alpha value is -3.12. The van der Waals surface area contributed by atoms with Gasteiger partial charge in [0.05, 0.1) is 5.69 Å². The molecule has 0 amide bonds. The van der Waals surface area contributed by atoms with Gasteiger partial charge in [-0.3, -0.25) is 0 Å². The minimum absolute atomic E-state index is 0.0328. The van der Waals surface area contributed by atoms with Crippen molar-refractivity contribution in [1.29, 1.82) is 0 Å². The summed E-state index contributed by atoms with van der Waals surface area (Å²) in [7, 11) is 0. The maximum atomic E-state index is 13.7. The Morgan fingerprint density at radius 3 is 2.73 bits per heavy atom. The fourth-order valence-electron chi connectivity index (χ4n) is 3.58. The predicted molar refractivity (Wildman–Crippen MR) is 109 cm³/mol. The largest absolute Gasteiger partial charge is 0.419 e. The first-order chi connectivity index (χ1) is 14.2. The molecule has 3 aromatic heterocycles. The van der Waals surface area contributed by atoms with E-state index in [0.717, 1.165) is 19.0 Å². The van der Waals surface area contributed by atoms with Crippen LogP contribution in [0.1, 0.15) is 37.9 Å². The van der Waals surface area contributed by atoms with Crippen molar-refractivity contribution in [2.24, 2.45) is 0 Å². The molecule has 1 aliphatic rings. The third-order valence-electron chi connectivity index (χ3n) is 5.31. The smallest absolute Gasteiger partial charge is 0.350 e. The number of anilines is 1. The van der Waals surface area contributed by atoms with Gasteiger partial charge in [0.1, 0.15) is 16.9 Å². The first-order valence-corrected chi connectivity index (χ1v) is 9.57. The first-order valence-electron chi connectivity index (χ1n) is 9.57. The molecule has 3 aromatic rings. The Morgan fingerprint density at radius 1 is 1.27 bits per heavy atom. The average Bonchev–Trinajstić information content (AvgIpc) is 3.11. The Bertz CT molecular complexity index is 1120. The molecule has 1 unspecified atom stereocenters. The summed E-state index contributed by atoms with van der Waals surface area (Å²) < 4.78 is 41.0. The SMILES string of the molecule is C#Cc1ccc2c(-c3nc(NC4CCC(C)(C)NC4)ncc3C(F)(F)F)c[nH]c2n1. The van der Waals surface area contributed by atoms with Gasteiger partial charge in [-0.2, -0.15) is 13.2 Å². The molecule has 6 nitrogen and oxygen atoms in total. The van der Waals surface area contributed by atoms with Crippen LogP contribution in [0.2, 0.25) is 0 Å². The number of aromatic amines is 1. The highest BCUT2D eigenvalue weighted by atomic mass is 19.4. The second-order valence-corrected chi connectivity index (χ2v) is 8.04. The number of terminal acetylenes is 1. The van der Waals surface area contributed by atoms with Crippen molar-refractivity contribution in [2.45, 2.75) is 44.4 Å². The number of pyridine rings is 1. The van der Waals surface area contributed by atoms with Crippen LogP contribution in [0.15, 0.2) is 24.5 Å². The Kier molecular flexibility index (Phi) is 4.90. The van der Waals surface area contributed by atoms with Crippen molar-refractivity contribution in [2.75, 3.05) is 11.9 Å². The fraction of sp³-hybridized carbons (Fsp3) is 0.381. The highest BCUT2D eigenvalue weighted by Gasteiger charge is 2.36. The highest BCUT2D eigenvalue weighted by molar-refractivity contribution is 5.93. The summed E-state index contributed by atoms with van der Waals surface area (Å²) in [6.45, 7) is 4.91. The average molecular weight is 414 g/mol. The van der Waals surface area contributed by atoms with Crippen molar-refractivity contribution in [3.63, 3.8) is 0 Å². The minimum Gasteiger partial charge on any atom is -0.350 e. The van der Waals surface area contributed by atoms with Gasteiger partial charge in [0.2, 0.25) is 5.95 Å². The molecule has 0 spiro atoms. The van der Waals surface area contributed by atoms with Crippen LogP contribution >= 0.6 is 0 Å². The molecule has 9 heteroatoms. The molecule has 4 rings (SSSR count). The number of hydrogen-bond acceptors (Lipinski definition) is 5. The van der Waals surface area contributed by atoms with E-state index in [1.807, 2.05) is 0 Å². The van der Waals surface area contributed by atoms with Crippen molar-refractivity contribution in [3.05, 3.63) is 35.8 Å². The van der Waals surface area contributed by atoms with Crippen molar-refractivity contribution in [3.8, 4) is 23.6 Å². The molecule has 1 saturated heterocycles. The van der Waals surface area contributed by atoms with Gasteiger partial charge >= 0.3 is 6.18 Å². The van der Waals surface area contributed by atoms with Gasteiger partial charge in [0.25, 0.3) is 0 Å². The maximum Gasteiger partial charge on any atom is 0.419 e. The molecule has 0 bridgehead atoms. The van der Waals surface area contributed by atoms with E-state index in [1.54, 1.807) is 12.1 Å². The number of halogens is 3. The highest BCUT2D eigenvalue weighted by Crippen LogP contribution is 2.38. The van der Waals surface area contributed by atoms with E-state index >= 15 is 0 Å². The Balaban J connectivity index is 1.73. The number of alkyl halides is 3. The molecule has 1 atom stereocenters. The van der Waals surface area contributed by atoms with Crippen LogP contribution in [0.4, 0.5) is 19.1 Å². The minimum atomic E-state index is -4.60. The zero-order valence-corrected chi connectivity index (χ0v) is 16.6. The van der Waals surface area contributed by atoms with Crippen LogP contribution < -0.4 is 10.6 Å². The van der Waals surface area contributed by atoms with Gasteiger partial charge in [0, 0.05) is 41.5 Å². The molecule has 0 radical (unpaired) electrons. The summed E-state index contributed by atoms with van der Waals surface area (Å²) >= 11 is 0. The summed E-state index contributed by atoms with van der Waals surface area (Å²) in [6.07, 6.45) is 4.85. The zero-order chi connectivity index (χ0) is 21.5. The van der Waals surface area contributed by atoms with E-state index in [1.165, 1.54) is 6.20 Å². The van der Waals surface area contributed by atoms with Gasteiger partial charge in [0.15, 0.2) is 0 Å². The number of nitrogens with one attached hydrogen (secondary N) is 3. The van der Waals surface area contributed by atoms with Crippen molar-refractivity contribution < 1.29 is 13.2 Å². The van der Waals surface area contributed by atoms with E-state index in [9.17, 15) is 13.2 Å². The van der Waals surface area contributed by atoms with Crippen LogP contribution in [0.5, 0.6) is 0 Å². The van der Waals surface area contributed by atoms with E-state index in [2.05, 4.69) is 50.3 Å². The molecule has 156 valence electrons. The molecule has 0 saturated carbocycles. The number of H-pyrrole nitrogens is 1. The molecule has 3 N–H and O–H groups in total. The molecule has 0 aliphatic carbocycles. The second kappa shape index (κ2) is 7.29. The fourth-order valence-corrected chi connectivity index (χ4v) is 3.58. The summed E-state index contributed by atoms with van der Waals surface area (Å²) in [5.74, 6) is 2.57. The number of hydrogen-bond donors (Lipinski definition) is 3. The van der Waals surface area contributed by atoms with Crippen LogP contribution in [-0.2, 0) is 6.18 Å². The monoisotopic (exact) mass is 414 g/mol. The third kappa shape index (κ3) is 3.96. The van der Waals surface area contributed by atoms with Crippen LogP contribution in [0.25, 0.3) is 22.3 Å². The van der Waals surface area contributed by atoms with Crippen LogP contribution in [0, 0.1) is 12.3 Å². The van der Waals surface area contributed by atoms with Gasteiger partial charge < -0.3 is 15.6 Å². The van der Waals surface area contributed by atoms with Gasteiger partial charge in [-0.25, -0.2) is 15.0 Å². The predicted octanol–water partition coefficient (Wildman–Crippen LogP) is 3.96. The lowest BCUT2D eigenvalue weighted by Crippen LogP contribution is -2.50. The molecule has 1 fully saturated rings. The third-order valence-corrected chi connectivity index (χ3v) is 5.31. The molecular formula is C21H21F3N6. The van der Waals surface area contributed by atoms with Crippen molar-refractivity contribution >= 4 is 17.0 Å². The van der Waals surface area contributed by atoms with Gasteiger partial charge in [-0.05, 0) is 38.8 Å². The van der Waals surface area contributed by atoms with Crippen LogP contribution in [-0.4, -0.2) is 38.1 Å². The summed E-state index contributed by atoms with van der Waals surface area (Å²) in [5, 5.41) is 7.08. The van der Waals surface area contributed by atoms with E-state index in [-0.39, 0.29) is 23.2 Å². The Labute approximate surface area is 171 Å². The van der Waals surface area contributed by atoms with Gasteiger partial charge in [-0.1, -0.05) is 5.92 Å². The molecule has 4 heterocycles. The molecule has 0 aromatic carbocycles. The van der Waals surface area contributed by atoms with E-state index in [4.69, 9.17) is 6.42 Å². The zero-order valence-electron chi connectivity index (χ0n) is 16.6. The first kappa shape index (κ1) is 20.2. The second-order valence-electron chi connectivity index (χ2n) is 8.04. The molecule has 1 aliphatic heterocycles. The molecule has 30 heavy (non-hydrogen) atoms. The lowest BCUT2D eigenvalue weighted by atomic mass is 9.91.